The lowest BCUT2D eigenvalue weighted by atomic mass is 10.1. The van der Waals surface area contributed by atoms with Gasteiger partial charge in [-0.05, 0) is 43.4 Å². The van der Waals surface area contributed by atoms with Gasteiger partial charge in [0.25, 0.3) is 0 Å². The SMILES string of the molecule is CCn1ccc2ccc(NC(=O)NC[C@H]3CC(=O)N(C4CC4)C3)cc21. The van der Waals surface area contributed by atoms with E-state index in [0.717, 1.165) is 42.5 Å². The lowest BCUT2D eigenvalue weighted by molar-refractivity contribution is -0.128. The van der Waals surface area contributed by atoms with Gasteiger partial charge in [-0.1, -0.05) is 6.07 Å². The minimum Gasteiger partial charge on any atom is -0.348 e. The minimum atomic E-state index is -0.216. The number of nitrogens with one attached hydrogen (secondary N) is 2. The second-order valence-electron chi connectivity index (χ2n) is 7.06. The molecule has 2 fully saturated rings. The van der Waals surface area contributed by atoms with Crippen molar-refractivity contribution in [1.82, 2.24) is 14.8 Å². The van der Waals surface area contributed by atoms with Crippen molar-refractivity contribution < 1.29 is 9.59 Å². The molecule has 2 aliphatic rings. The van der Waals surface area contributed by atoms with Crippen LogP contribution in [-0.4, -0.2) is 40.5 Å². The average Bonchev–Trinajstić information content (AvgIpc) is 3.26. The van der Waals surface area contributed by atoms with Crippen molar-refractivity contribution in [1.29, 1.82) is 0 Å². The van der Waals surface area contributed by atoms with Crippen LogP contribution in [0.1, 0.15) is 26.2 Å². The van der Waals surface area contributed by atoms with Crippen molar-refractivity contribution in [2.75, 3.05) is 18.4 Å². The van der Waals surface area contributed by atoms with Crippen LogP contribution in [0.25, 0.3) is 10.9 Å². The fourth-order valence-electron chi connectivity index (χ4n) is 3.63. The normalized spacial score (nSPS) is 20.3. The standard InChI is InChI=1S/C19H24N4O2/c1-2-22-8-7-14-3-4-15(10-17(14)22)21-19(25)20-11-13-9-18(24)23(12-13)16-5-6-16/h3-4,7-8,10,13,16H,2,5-6,9,11-12H2,1H3,(H2,20,21,25)/t13-/m1/s1. The second kappa shape index (κ2) is 6.43. The van der Waals surface area contributed by atoms with E-state index in [1.807, 2.05) is 23.1 Å². The van der Waals surface area contributed by atoms with E-state index in [2.05, 4.69) is 34.4 Å². The molecule has 6 heteroatoms. The first-order valence-corrected chi connectivity index (χ1v) is 9.07. The van der Waals surface area contributed by atoms with Gasteiger partial charge in [0.05, 0.1) is 5.52 Å². The maximum atomic E-state index is 12.2. The molecule has 132 valence electrons. The number of carbonyl (C=O) groups is 2. The van der Waals surface area contributed by atoms with Crippen molar-refractivity contribution in [3.8, 4) is 0 Å². The Kier molecular flexibility index (Phi) is 4.11. The Hall–Kier alpha value is -2.50. The summed E-state index contributed by atoms with van der Waals surface area (Å²) in [4.78, 5) is 26.1. The molecule has 1 aliphatic heterocycles. The lowest BCUT2D eigenvalue weighted by Gasteiger charge is -2.16. The molecule has 1 aliphatic carbocycles. The van der Waals surface area contributed by atoms with Gasteiger partial charge in [0.2, 0.25) is 5.91 Å². The molecule has 1 saturated carbocycles. The number of hydrogen-bond donors (Lipinski definition) is 2. The number of benzene rings is 1. The van der Waals surface area contributed by atoms with E-state index in [9.17, 15) is 9.59 Å². The van der Waals surface area contributed by atoms with Crippen LogP contribution in [0.4, 0.5) is 10.5 Å². The average molecular weight is 340 g/mol. The third kappa shape index (κ3) is 3.34. The molecule has 0 spiro atoms. The fourth-order valence-corrected chi connectivity index (χ4v) is 3.63. The molecule has 4 rings (SSSR count). The zero-order chi connectivity index (χ0) is 17.4. The summed E-state index contributed by atoms with van der Waals surface area (Å²) in [6.07, 6.45) is 4.87. The number of aromatic nitrogens is 1. The van der Waals surface area contributed by atoms with Crippen LogP contribution >= 0.6 is 0 Å². The van der Waals surface area contributed by atoms with Crippen molar-refractivity contribution in [2.24, 2.45) is 5.92 Å². The number of nitrogens with zero attached hydrogens (tertiary/aromatic N) is 2. The van der Waals surface area contributed by atoms with Gasteiger partial charge in [-0.3, -0.25) is 4.79 Å². The monoisotopic (exact) mass is 340 g/mol. The van der Waals surface area contributed by atoms with Gasteiger partial charge in [-0.25, -0.2) is 4.79 Å². The zero-order valence-corrected chi connectivity index (χ0v) is 14.5. The topological polar surface area (TPSA) is 66.4 Å². The summed E-state index contributed by atoms with van der Waals surface area (Å²) >= 11 is 0. The van der Waals surface area contributed by atoms with Crippen LogP contribution in [0.3, 0.4) is 0 Å². The molecular formula is C19H24N4O2. The van der Waals surface area contributed by atoms with Crippen LogP contribution in [0.2, 0.25) is 0 Å². The summed E-state index contributed by atoms with van der Waals surface area (Å²) in [6.45, 7) is 4.31. The maximum absolute atomic E-state index is 12.2. The summed E-state index contributed by atoms with van der Waals surface area (Å²) in [7, 11) is 0. The number of carbonyl (C=O) groups excluding carboxylic acids is 2. The van der Waals surface area contributed by atoms with Crippen molar-refractivity contribution in [2.45, 2.75) is 38.8 Å². The van der Waals surface area contributed by atoms with Gasteiger partial charge in [0, 0.05) is 49.9 Å². The van der Waals surface area contributed by atoms with Crippen molar-refractivity contribution >= 4 is 28.5 Å². The fraction of sp³-hybridized carbons (Fsp3) is 0.474. The molecule has 3 amide bonds. The summed E-state index contributed by atoms with van der Waals surface area (Å²) in [5.41, 5.74) is 1.89. The smallest absolute Gasteiger partial charge is 0.319 e. The number of amides is 3. The van der Waals surface area contributed by atoms with E-state index in [4.69, 9.17) is 0 Å². The largest absolute Gasteiger partial charge is 0.348 e. The molecule has 6 nitrogen and oxygen atoms in total. The van der Waals surface area contributed by atoms with Gasteiger partial charge in [-0.15, -0.1) is 0 Å². The number of aryl methyl sites for hydroxylation is 1. The number of likely N-dealkylation sites (tertiary alicyclic amines) is 1. The molecule has 25 heavy (non-hydrogen) atoms. The molecule has 0 bridgehead atoms. The summed E-state index contributed by atoms with van der Waals surface area (Å²) in [6, 6.07) is 8.24. The van der Waals surface area contributed by atoms with Gasteiger partial charge < -0.3 is 20.1 Å². The Labute approximate surface area is 147 Å². The second-order valence-corrected chi connectivity index (χ2v) is 7.06. The van der Waals surface area contributed by atoms with Crippen LogP contribution in [0.15, 0.2) is 30.5 Å². The van der Waals surface area contributed by atoms with Gasteiger partial charge in [0.1, 0.15) is 0 Å². The van der Waals surface area contributed by atoms with Gasteiger partial charge in [-0.2, -0.15) is 0 Å². The Morgan fingerprint density at radius 3 is 2.88 bits per heavy atom. The maximum Gasteiger partial charge on any atom is 0.319 e. The first-order chi connectivity index (χ1) is 12.1. The molecule has 1 aromatic heterocycles. The van der Waals surface area contributed by atoms with Crippen LogP contribution < -0.4 is 10.6 Å². The molecule has 2 aromatic rings. The highest BCUT2D eigenvalue weighted by Gasteiger charge is 2.39. The molecule has 1 atom stereocenters. The summed E-state index contributed by atoms with van der Waals surface area (Å²) < 4.78 is 2.15. The Morgan fingerprint density at radius 1 is 1.28 bits per heavy atom. The zero-order valence-electron chi connectivity index (χ0n) is 14.5. The number of rotatable bonds is 5. The minimum absolute atomic E-state index is 0.216. The summed E-state index contributed by atoms with van der Waals surface area (Å²) in [5.74, 6) is 0.458. The third-order valence-corrected chi connectivity index (χ3v) is 5.15. The molecule has 2 heterocycles. The third-order valence-electron chi connectivity index (χ3n) is 5.15. The molecule has 0 unspecified atom stereocenters. The predicted molar refractivity (Wildman–Crippen MR) is 97.5 cm³/mol. The van der Waals surface area contributed by atoms with Gasteiger partial charge in [0.15, 0.2) is 0 Å². The van der Waals surface area contributed by atoms with Crippen LogP contribution in [0.5, 0.6) is 0 Å². The lowest BCUT2D eigenvalue weighted by Crippen LogP contribution is -2.34. The Morgan fingerprint density at radius 2 is 2.12 bits per heavy atom. The molecule has 1 aromatic carbocycles. The van der Waals surface area contributed by atoms with E-state index < -0.39 is 0 Å². The Bertz CT molecular complexity index is 809. The van der Waals surface area contributed by atoms with Crippen molar-refractivity contribution in [3.05, 3.63) is 30.5 Å². The number of fused-ring (bicyclic) bond motifs is 1. The highest BCUT2D eigenvalue weighted by Crippen LogP contribution is 2.32. The molecular weight excluding hydrogens is 316 g/mol. The molecule has 1 saturated heterocycles. The number of anilines is 1. The van der Waals surface area contributed by atoms with E-state index in [0.29, 0.717) is 19.0 Å². The first kappa shape index (κ1) is 16.0. The Balaban J connectivity index is 1.32. The highest BCUT2D eigenvalue weighted by atomic mass is 16.2. The quantitative estimate of drug-likeness (QED) is 0.879. The van der Waals surface area contributed by atoms with Crippen LogP contribution in [0, 0.1) is 5.92 Å². The highest BCUT2D eigenvalue weighted by molar-refractivity contribution is 5.92. The van der Waals surface area contributed by atoms with Crippen molar-refractivity contribution in [3.63, 3.8) is 0 Å². The van der Waals surface area contributed by atoms with Crippen LogP contribution in [-0.2, 0) is 11.3 Å². The number of hydrogen-bond acceptors (Lipinski definition) is 2. The first-order valence-electron chi connectivity index (χ1n) is 9.07. The van der Waals surface area contributed by atoms with Gasteiger partial charge >= 0.3 is 6.03 Å². The van der Waals surface area contributed by atoms with E-state index >= 15 is 0 Å². The number of urea groups is 1. The van der Waals surface area contributed by atoms with E-state index in [-0.39, 0.29) is 17.9 Å². The molecule has 2 N–H and O–H groups in total. The predicted octanol–water partition coefficient (Wildman–Crippen LogP) is 2.79. The van der Waals surface area contributed by atoms with E-state index in [1.54, 1.807) is 0 Å². The van der Waals surface area contributed by atoms with E-state index in [1.165, 1.54) is 0 Å². The molecule has 0 radical (unpaired) electrons. The summed E-state index contributed by atoms with van der Waals surface area (Å²) in [5, 5.41) is 6.97.